The Morgan fingerprint density at radius 3 is 2.54 bits per heavy atom. The summed E-state index contributed by atoms with van der Waals surface area (Å²) in [5.41, 5.74) is 2.56. The number of aryl methyl sites for hydroxylation is 1. The molecule has 1 N–H and O–H groups in total. The molecule has 0 aliphatic carbocycles. The van der Waals surface area contributed by atoms with Crippen LogP contribution in [-0.4, -0.2) is 23.6 Å². The van der Waals surface area contributed by atoms with Gasteiger partial charge in [0, 0.05) is 11.8 Å². The van der Waals surface area contributed by atoms with Crippen molar-refractivity contribution in [3.05, 3.63) is 65.2 Å². The van der Waals surface area contributed by atoms with Crippen LogP contribution in [0.3, 0.4) is 0 Å². The van der Waals surface area contributed by atoms with Crippen LogP contribution in [0.4, 0.5) is 14.5 Å². The average molecular weight is 403 g/mol. The molecule has 0 atom stereocenters. The van der Waals surface area contributed by atoms with Crippen molar-refractivity contribution in [1.29, 1.82) is 0 Å². The van der Waals surface area contributed by atoms with E-state index in [1.165, 1.54) is 37.3 Å². The third-order valence-corrected chi connectivity index (χ3v) is 4.43. The summed E-state index contributed by atoms with van der Waals surface area (Å²) in [6, 6.07) is 10.8. The quantitative estimate of drug-likeness (QED) is 0.560. The van der Waals surface area contributed by atoms with Crippen LogP contribution in [0.2, 0.25) is 0 Å². The lowest BCUT2D eigenvalue weighted by atomic mass is 10.1. The van der Waals surface area contributed by atoms with Crippen LogP contribution in [0.5, 0.6) is 11.6 Å². The fraction of sp³-hybridized carbons (Fsp3) is 0.200. The SMILES string of the molecule is COc1nnc(-c2cc(OCc3ccc(F)c(C)c3)ccc2F)cc1NSC. The molecule has 2 aromatic carbocycles. The van der Waals surface area contributed by atoms with E-state index in [4.69, 9.17) is 9.47 Å². The van der Waals surface area contributed by atoms with Crippen LogP contribution in [0, 0.1) is 18.6 Å². The molecular formula is C20H19F2N3O2S. The van der Waals surface area contributed by atoms with Crippen LogP contribution in [0.25, 0.3) is 11.3 Å². The average Bonchev–Trinajstić information content (AvgIpc) is 2.70. The standard InChI is InChI=1S/C20H19F2N3O2S/c1-12-8-13(4-6-16(12)21)11-27-14-5-7-17(22)15(9-14)18-10-19(25-28-3)20(26-2)24-23-18/h4-10H,11H2,1-3H3,(H,23,25). The third kappa shape index (κ3) is 4.51. The lowest BCUT2D eigenvalue weighted by molar-refractivity contribution is 0.305. The Hall–Kier alpha value is -2.87. The number of methoxy groups -OCH3 is 1. The Labute approximate surface area is 166 Å². The first-order valence-corrected chi connectivity index (χ1v) is 9.62. The molecule has 0 saturated carbocycles. The lowest BCUT2D eigenvalue weighted by Gasteiger charge is -2.11. The molecule has 1 aromatic heterocycles. The smallest absolute Gasteiger partial charge is 0.257 e. The number of nitrogens with zero attached hydrogens (tertiary/aromatic N) is 2. The normalized spacial score (nSPS) is 10.6. The highest BCUT2D eigenvalue weighted by atomic mass is 32.2. The Balaban J connectivity index is 1.85. The molecule has 3 rings (SSSR count). The van der Waals surface area contributed by atoms with Gasteiger partial charge in [0.05, 0.1) is 12.8 Å². The first-order valence-electron chi connectivity index (χ1n) is 8.40. The number of anilines is 1. The maximum absolute atomic E-state index is 14.4. The predicted octanol–water partition coefficient (Wildman–Crippen LogP) is 5.01. The van der Waals surface area contributed by atoms with E-state index in [2.05, 4.69) is 14.9 Å². The molecule has 0 unspecified atom stereocenters. The summed E-state index contributed by atoms with van der Waals surface area (Å²) in [5, 5.41) is 8.03. The van der Waals surface area contributed by atoms with Crippen molar-refractivity contribution in [3.8, 4) is 22.9 Å². The first-order chi connectivity index (χ1) is 13.5. The van der Waals surface area contributed by atoms with E-state index in [0.29, 0.717) is 28.6 Å². The van der Waals surface area contributed by atoms with Gasteiger partial charge in [-0.25, -0.2) is 8.78 Å². The monoisotopic (exact) mass is 403 g/mol. The molecule has 0 saturated heterocycles. The van der Waals surface area contributed by atoms with Crippen molar-refractivity contribution in [1.82, 2.24) is 10.2 Å². The second-order valence-corrected chi connectivity index (χ2v) is 6.58. The van der Waals surface area contributed by atoms with Crippen LogP contribution in [0.1, 0.15) is 11.1 Å². The number of rotatable bonds is 7. The maximum Gasteiger partial charge on any atom is 0.257 e. The van der Waals surface area contributed by atoms with Gasteiger partial charge in [0.15, 0.2) is 0 Å². The number of ether oxygens (including phenoxy) is 2. The Morgan fingerprint density at radius 2 is 1.82 bits per heavy atom. The van der Waals surface area contributed by atoms with E-state index < -0.39 is 5.82 Å². The minimum Gasteiger partial charge on any atom is -0.489 e. The third-order valence-electron chi connectivity index (χ3n) is 4.01. The van der Waals surface area contributed by atoms with E-state index in [1.807, 2.05) is 6.26 Å². The Kier molecular flexibility index (Phi) is 6.30. The van der Waals surface area contributed by atoms with Crippen molar-refractivity contribution in [3.63, 3.8) is 0 Å². The molecule has 0 amide bonds. The van der Waals surface area contributed by atoms with Gasteiger partial charge in [-0.15, -0.1) is 10.2 Å². The van der Waals surface area contributed by atoms with Crippen molar-refractivity contribution in [2.45, 2.75) is 13.5 Å². The summed E-state index contributed by atoms with van der Waals surface area (Å²) in [6.45, 7) is 1.93. The number of halogens is 2. The second kappa shape index (κ2) is 8.88. The zero-order valence-electron chi connectivity index (χ0n) is 15.6. The van der Waals surface area contributed by atoms with Gasteiger partial charge in [-0.05, 0) is 54.4 Å². The summed E-state index contributed by atoms with van der Waals surface area (Å²) >= 11 is 1.36. The second-order valence-electron chi connectivity index (χ2n) is 5.97. The fourth-order valence-electron chi connectivity index (χ4n) is 2.60. The van der Waals surface area contributed by atoms with Crippen LogP contribution in [0.15, 0.2) is 42.5 Å². The summed E-state index contributed by atoms with van der Waals surface area (Å²) in [5.74, 6) is 0.0769. The van der Waals surface area contributed by atoms with E-state index in [1.54, 1.807) is 31.2 Å². The molecule has 3 aromatic rings. The van der Waals surface area contributed by atoms with Crippen molar-refractivity contribution < 1.29 is 18.3 Å². The maximum atomic E-state index is 14.4. The molecule has 0 bridgehead atoms. The first kappa shape index (κ1) is 19.9. The minimum absolute atomic E-state index is 0.236. The predicted molar refractivity (Wildman–Crippen MR) is 107 cm³/mol. The van der Waals surface area contributed by atoms with Gasteiger partial charge in [0.1, 0.15) is 29.7 Å². The van der Waals surface area contributed by atoms with E-state index >= 15 is 0 Å². The van der Waals surface area contributed by atoms with Crippen LogP contribution >= 0.6 is 11.9 Å². The molecule has 0 aliphatic rings. The lowest BCUT2D eigenvalue weighted by Crippen LogP contribution is -2.00. The van der Waals surface area contributed by atoms with E-state index in [-0.39, 0.29) is 18.0 Å². The number of hydrogen-bond donors (Lipinski definition) is 1. The minimum atomic E-state index is -0.445. The van der Waals surface area contributed by atoms with Gasteiger partial charge in [-0.2, -0.15) is 0 Å². The molecule has 1 heterocycles. The largest absolute Gasteiger partial charge is 0.489 e. The van der Waals surface area contributed by atoms with Crippen molar-refractivity contribution >= 4 is 17.6 Å². The molecule has 0 radical (unpaired) electrons. The topological polar surface area (TPSA) is 56.3 Å². The van der Waals surface area contributed by atoms with Gasteiger partial charge in [-0.3, -0.25) is 0 Å². The van der Waals surface area contributed by atoms with Crippen molar-refractivity contribution in [2.75, 3.05) is 18.1 Å². The van der Waals surface area contributed by atoms with Crippen molar-refractivity contribution in [2.24, 2.45) is 0 Å². The van der Waals surface area contributed by atoms with Gasteiger partial charge < -0.3 is 14.2 Å². The zero-order chi connectivity index (χ0) is 20.1. The van der Waals surface area contributed by atoms with E-state index in [9.17, 15) is 8.78 Å². The molecule has 5 nitrogen and oxygen atoms in total. The Morgan fingerprint density at radius 1 is 1.04 bits per heavy atom. The molecule has 8 heteroatoms. The highest BCUT2D eigenvalue weighted by molar-refractivity contribution is 7.99. The number of nitrogens with one attached hydrogen (secondary N) is 1. The van der Waals surface area contributed by atoms with E-state index in [0.717, 1.165) is 5.56 Å². The van der Waals surface area contributed by atoms with Gasteiger partial charge >= 0.3 is 0 Å². The summed E-state index contributed by atoms with van der Waals surface area (Å²) < 4.78 is 41.7. The molecule has 0 fully saturated rings. The molecule has 28 heavy (non-hydrogen) atoms. The summed E-state index contributed by atoms with van der Waals surface area (Å²) in [7, 11) is 1.49. The van der Waals surface area contributed by atoms with Crippen LogP contribution in [-0.2, 0) is 6.61 Å². The highest BCUT2D eigenvalue weighted by Crippen LogP contribution is 2.31. The highest BCUT2D eigenvalue weighted by Gasteiger charge is 2.13. The van der Waals surface area contributed by atoms with Crippen LogP contribution < -0.4 is 14.2 Å². The summed E-state index contributed by atoms with van der Waals surface area (Å²) in [4.78, 5) is 0. The fourth-order valence-corrected chi connectivity index (χ4v) is 2.97. The van der Waals surface area contributed by atoms with Gasteiger partial charge in [-0.1, -0.05) is 18.0 Å². The molecular weight excluding hydrogens is 384 g/mol. The Bertz CT molecular complexity index is 986. The zero-order valence-corrected chi connectivity index (χ0v) is 16.4. The molecule has 0 spiro atoms. The number of benzene rings is 2. The number of aromatic nitrogens is 2. The number of hydrogen-bond acceptors (Lipinski definition) is 6. The molecule has 146 valence electrons. The summed E-state index contributed by atoms with van der Waals surface area (Å²) in [6.07, 6.45) is 1.85. The van der Waals surface area contributed by atoms with Gasteiger partial charge in [0.2, 0.25) is 0 Å². The van der Waals surface area contributed by atoms with Gasteiger partial charge in [0.25, 0.3) is 5.88 Å². The molecule has 0 aliphatic heterocycles.